The Bertz CT molecular complexity index is 830. The summed E-state index contributed by atoms with van der Waals surface area (Å²) in [5.41, 5.74) is 1.09. The van der Waals surface area contributed by atoms with E-state index in [9.17, 15) is 19.8 Å². The third kappa shape index (κ3) is 3.16. The summed E-state index contributed by atoms with van der Waals surface area (Å²) in [4.78, 5) is 26.2. The zero-order valence-corrected chi connectivity index (χ0v) is 14.0. The van der Waals surface area contributed by atoms with Gasteiger partial charge < -0.3 is 15.1 Å². The lowest BCUT2D eigenvalue weighted by Crippen LogP contribution is -2.32. The van der Waals surface area contributed by atoms with E-state index in [0.29, 0.717) is 16.1 Å². The highest BCUT2D eigenvalue weighted by molar-refractivity contribution is 6.46. The van der Waals surface area contributed by atoms with E-state index in [4.69, 9.17) is 11.6 Å². The first-order chi connectivity index (χ1) is 12.0. The molecule has 5 nitrogen and oxygen atoms in total. The first-order valence-corrected chi connectivity index (χ1v) is 8.12. The molecule has 0 saturated carbocycles. The molecular formula is C19H16ClNO4. The van der Waals surface area contributed by atoms with E-state index < -0.39 is 17.7 Å². The van der Waals surface area contributed by atoms with Crippen molar-refractivity contribution in [3.05, 3.63) is 76.3 Å². The molecule has 1 amide bonds. The number of aliphatic hydroxyl groups is 2. The minimum atomic E-state index is -0.773. The Morgan fingerprint density at radius 2 is 1.68 bits per heavy atom. The van der Waals surface area contributed by atoms with Crippen molar-refractivity contribution in [3.8, 4) is 0 Å². The van der Waals surface area contributed by atoms with Crippen LogP contribution in [0.25, 0.3) is 5.76 Å². The predicted molar refractivity (Wildman–Crippen MR) is 94.0 cm³/mol. The number of rotatable bonds is 4. The minimum Gasteiger partial charge on any atom is -0.507 e. The molecule has 0 aromatic heterocycles. The van der Waals surface area contributed by atoms with Gasteiger partial charge >= 0.3 is 0 Å². The van der Waals surface area contributed by atoms with Crippen LogP contribution >= 0.6 is 11.6 Å². The first kappa shape index (κ1) is 17.2. The molecule has 0 radical (unpaired) electrons. The second kappa shape index (κ2) is 7.09. The fourth-order valence-corrected chi connectivity index (χ4v) is 3.09. The van der Waals surface area contributed by atoms with Crippen molar-refractivity contribution in [3.63, 3.8) is 0 Å². The number of β-amino-alcohol motifs (C(OH)–C–C–N with tert-alkyl or cyclic N) is 1. The van der Waals surface area contributed by atoms with Crippen LogP contribution in [-0.2, 0) is 9.59 Å². The Morgan fingerprint density at radius 3 is 2.28 bits per heavy atom. The van der Waals surface area contributed by atoms with Gasteiger partial charge in [0.25, 0.3) is 11.7 Å². The number of carbonyl (C=O) groups excluding carboxylic acids is 2. The van der Waals surface area contributed by atoms with Crippen LogP contribution in [0.3, 0.4) is 0 Å². The lowest BCUT2D eigenvalue weighted by atomic mass is 9.95. The van der Waals surface area contributed by atoms with E-state index in [1.807, 2.05) is 0 Å². The Kier molecular flexibility index (Phi) is 4.88. The molecule has 2 aromatic carbocycles. The van der Waals surface area contributed by atoms with Crippen molar-refractivity contribution in [1.82, 2.24) is 4.90 Å². The van der Waals surface area contributed by atoms with E-state index in [1.165, 1.54) is 4.90 Å². The van der Waals surface area contributed by atoms with E-state index in [2.05, 4.69) is 0 Å². The molecule has 3 rings (SSSR count). The Morgan fingerprint density at radius 1 is 1.04 bits per heavy atom. The molecule has 1 unspecified atom stereocenters. The summed E-state index contributed by atoms with van der Waals surface area (Å²) < 4.78 is 0. The maximum Gasteiger partial charge on any atom is 0.295 e. The fourth-order valence-electron chi connectivity index (χ4n) is 2.96. The SMILES string of the molecule is O=C1C(=O)N(CCO)C(c2ccc(Cl)cc2)/C1=C(/O)c1ccccc1. The number of benzene rings is 2. The number of carbonyl (C=O) groups is 2. The van der Waals surface area contributed by atoms with Gasteiger partial charge in [-0.1, -0.05) is 54.1 Å². The number of hydrogen-bond donors (Lipinski definition) is 2. The predicted octanol–water partition coefficient (Wildman–Crippen LogP) is 2.75. The van der Waals surface area contributed by atoms with Crippen LogP contribution in [0.2, 0.25) is 5.02 Å². The van der Waals surface area contributed by atoms with E-state index in [-0.39, 0.29) is 24.5 Å². The molecule has 1 saturated heterocycles. The van der Waals surface area contributed by atoms with Gasteiger partial charge in [-0.05, 0) is 17.7 Å². The first-order valence-electron chi connectivity index (χ1n) is 7.74. The third-order valence-corrected chi connectivity index (χ3v) is 4.37. The Balaban J connectivity index is 2.18. The average Bonchev–Trinajstić information content (AvgIpc) is 2.88. The second-order valence-electron chi connectivity index (χ2n) is 5.63. The molecule has 1 aliphatic rings. The van der Waals surface area contributed by atoms with E-state index in [1.54, 1.807) is 54.6 Å². The highest BCUT2D eigenvalue weighted by Crippen LogP contribution is 2.39. The van der Waals surface area contributed by atoms with Gasteiger partial charge in [0, 0.05) is 17.1 Å². The molecular weight excluding hydrogens is 342 g/mol. The summed E-state index contributed by atoms with van der Waals surface area (Å²) in [6.45, 7) is -0.300. The van der Waals surface area contributed by atoms with E-state index in [0.717, 1.165) is 0 Å². The van der Waals surface area contributed by atoms with Crippen molar-refractivity contribution in [2.24, 2.45) is 0 Å². The van der Waals surface area contributed by atoms with Crippen LogP contribution < -0.4 is 0 Å². The largest absolute Gasteiger partial charge is 0.507 e. The maximum atomic E-state index is 12.5. The number of hydrogen-bond acceptors (Lipinski definition) is 4. The summed E-state index contributed by atoms with van der Waals surface area (Å²) in [7, 11) is 0. The summed E-state index contributed by atoms with van der Waals surface area (Å²) >= 11 is 5.92. The lowest BCUT2D eigenvalue weighted by Gasteiger charge is -2.24. The standard InChI is InChI=1S/C19H16ClNO4/c20-14-8-6-12(7-9-14)16-15(17(23)13-4-2-1-3-5-13)18(24)19(25)21(16)10-11-22/h1-9,16,22-23H,10-11H2/b17-15-. The molecule has 0 spiro atoms. The van der Waals surface area contributed by atoms with Crippen molar-refractivity contribution in [1.29, 1.82) is 0 Å². The fraction of sp³-hybridized carbons (Fsp3) is 0.158. The third-order valence-electron chi connectivity index (χ3n) is 4.11. The molecule has 0 aliphatic carbocycles. The monoisotopic (exact) mass is 357 g/mol. The van der Waals surface area contributed by atoms with Crippen molar-refractivity contribution >= 4 is 29.1 Å². The number of Topliss-reactive ketones (excluding diaryl/α,β-unsaturated/α-hetero) is 1. The topological polar surface area (TPSA) is 77.8 Å². The number of ketones is 1. The van der Waals surface area contributed by atoms with Gasteiger partial charge in [0.2, 0.25) is 0 Å². The van der Waals surface area contributed by atoms with Crippen molar-refractivity contribution in [2.75, 3.05) is 13.2 Å². The van der Waals surface area contributed by atoms with Crippen LogP contribution in [0.4, 0.5) is 0 Å². The van der Waals surface area contributed by atoms with Gasteiger partial charge in [-0.3, -0.25) is 9.59 Å². The van der Waals surface area contributed by atoms with Gasteiger partial charge in [0.15, 0.2) is 0 Å². The maximum absolute atomic E-state index is 12.5. The minimum absolute atomic E-state index is 0.00646. The van der Waals surface area contributed by atoms with Crippen LogP contribution in [0.1, 0.15) is 17.2 Å². The van der Waals surface area contributed by atoms with Gasteiger partial charge in [0.1, 0.15) is 5.76 Å². The van der Waals surface area contributed by atoms with Crippen LogP contribution in [-0.4, -0.2) is 40.0 Å². The number of nitrogens with zero attached hydrogens (tertiary/aromatic N) is 1. The summed E-state index contributed by atoms with van der Waals surface area (Å²) in [6, 6.07) is 14.5. The normalized spacial score (nSPS) is 19.4. The highest BCUT2D eigenvalue weighted by Gasteiger charge is 2.45. The number of aliphatic hydroxyl groups excluding tert-OH is 2. The van der Waals surface area contributed by atoms with Crippen molar-refractivity contribution < 1.29 is 19.8 Å². The smallest absolute Gasteiger partial charge is 0.295 e. The molecule has 0 bridgehead atoms. The Labute approximate surface area is 149 Å². The second-order valence-corrected chi connectivity index (χ2v) is 6.07. The van der Waals surface area contributed by atoms with Gasteiger partial charge in [0.05, 0.1) is 18.2 Å². The zero-order valence-electron chi connectivity index (χ0n) is 13.2. The van der Waals surface area contributed by atoms with E-state index >= 15 is 0 Å². The summed E-state index contributed by atoms with van der Waals surface area (Å²) in [5, 5.41) is 20.5. The molecule has 1 fully saturated rings. The molecule has 25 heavy (non-hydrogen) atoms. The van der Waals surface area contributed by atoms with Crippen molar-refractivity contribution in [2.45, 2.75) is 6.04 Å². The highest BCUT2D eigenvalue weighted by atomic mass is 35.5. The molecule has 2 aromatic rings. The average molecular weight is 358 g/mol. The summed E-state index contributed by atoms with van der Waals surface area (Å²) in [5.74, 6) is -1.75. The molecule has 1 atom stereocenters. The molecule has 6 heteroatoms. The van der Waals surface area contributed by atoms with Gasteiger partial charge in [-0.2, -0.15) is 0 Å². The van der Waals surface area contributed by atoms with Crippen LogP contribution in [0.15, 0.2) is 60.2 Å². The van der Waals surface area contributed by atoms with Gasteiger partial charge in [-0.15, -0.1) is 0 Å². The Hall–Kier alpha value is -2.63. The van der Waals surface area contributed by atoms with Crippen LogP contribution in [0.5, 0.6) is 0 Å². The quantitative estimate of drug-likeness (QED) is 0.501. The summed E-state index contributed by atoms with van der Waals surface area (Å²) in [6.07, 6.45) is 0. The molecule has 128 valence electrons. The molecule has 2 N–H and O–H groups in total. The number of likely N-dealkylation sites (tertiary alicyclic amines) is 1. The molecule has 1 heterocycles. The molecule has 1 aliphatic heterocycles. The lowest BCUT2D eigenvalue weighted by molar-refractivity contribution is -0.140. The number of halogens is 1. The van der Waals surface area contributed by atoms with Gasteiger partial charge in [-0.25, -0.2) is 0 Å². The zero-order chi connectivity index (χ0) is 18.0. The number of amides is 1. The van der Waals surface area contributed by atoms with Crippen LogP contribution in [0, 0.1) is 0 Å².